The van der Waals surface area contributed by atoms with Crippen molar-refractivity contribution in [2.45, 2.75) is 66.0 Å². The van der Waals surface area contributed by atoms with E-state index in [4.69, 9.17) is 5.11 Å². The standard InChI is InChI=1S/C15H30N2O3/c1-11(2)10-12(3)16(7)14(20)17(15(4,5)6)9-8-13(18)19/h11-12H,8-10H2,1-7H3,(H,18,19). The van der Waals surface area contributed by atoms with E-state index in [2.05, 4.69) is 13.8 Å². The number of rotatable bonds is 6. The van der Waals surface area contributed by atoms with Gasteiger partial charge in [-0.05, 0) is 40.0 Å². The van der Waals surface area contributed by atoms with E-state index in [1.54, 1.807) is 16.8 Å². The second kappa shape index (κ2) is 7.50. The Hall–Kier alpha value is -1.26. The van der Waals surface area contributed by atoms with E-state index < -0.39 is 11.5 Å². The minimum absolute atomic E-state index is 0.0323. The third-order valence-corrected chi connectivity index (χ3v) is 3.37. The zero-order valence-corrected chi connectivity index (χ0v) is 13.9. The summed E-state index contributed by atoms with van der Waals surface area (Å²) in [5, 5.41) is 8.83. The summed E-state index contributed by atoms with van der Waals surface area (Å²) in [5.41, 5.74) is -0.391. The quantitative estimate of drug-likeness (QED) is 0.816. The van der Waals surface area contributed by atoms with Crippen molar-refractivity contribution in [3.05, 3.63) is 0 Å². The van der Waals surface area contributed by atoms with Crippen LogP contribution >= 0.6 is 0 Å². The van der Waals surface area contributed by atoms with Crippen LogP contribution in [0.25, 0.3) is 0 Å². The minimum atomic E-state index is -0.884. The van der Waals surface area contributed by atoms with E-state index >= 15 is 0 Å². The van der Waals surface area contributed by atoms with Gasteiger partial charge in [-0.1, -0.05) is 13.8 Å². The van der Waals surface area contributed by atoms with Gasteiger partial charge < -0.3 is 14.9 Å². The molecule has 1 N–H and O–H groups in total. The Bertz CT molecular complexity index is 335. The van der Waals surface area contributed by atoms with Crippen molar-refractivity contribution in [3.63, 3.8) is 0 Å². The van der Waals surface area contributed by atoms with Crippen LogP contribution in [0.5, 0.6) is 0 Å². The largest absolute Gasteiger partial charge is 0.481 e. The highest BCUT2D eigenvalue weighted by Crippen LogP contribution is 2.19. The summed E-state index contributed by atoms with van der Waals surface area (Å²) in [7, 11) is 1.79. The lowest BCUT2D eigenvalue weighted by Gasteiger charge is -2.40. The van der Waals surface area contributed by atoms with Crippen LogP contribution in [-0.4, -0.2) is 52.1 Å². The van der Waals surface area contributed by atoms with Gasteiger partial charge in [0.2, 0.25) is 0 Å². The van der Waals surface area contributed by atoms with Gasteiger partial charge in [-0.3, -0.25) is 4.79 Å². The summed E-state index contributed by atoms with van der Waals surface area (Å²) in [4.78, 5) is 26.7. The smallest absolute Gasteiger partial charge is 0.320 e. The molecule has 0 aromatic rings. The molecule has 0 saturated carbocycles. The summed E-state index contributed by atoms with van der Waals surface area (Å²) in [6.45, 7) is 12.3. The number of hydrogen-bond acceptors (Lipinski definition) is 2. The molecule has 5 nitrogen and oxygen atoms in total. The molecule has 1 unspecified atom stereocenters. The van der Waals surface area contributed by atoms with Crippen molar-refractivity contribution < 1.29 is 14.7 Å². The van der Waals surface area contributed by atoms with Crippen LogP contribution in [-0.2, 0) is 4.79 Å². The SMILES string of the molecule is CC(C)CC(C)N(C)C(=O)N(CCC(=O)O)C(C)(C)C. The molecule has 5 heteroatoms. The molecule has 0 spiro atoms. The molecule has 118 valence electrons. The maximum atomic E-state index is 12.6. The van der Waals surface area contributed by atoms with Crippen molar-refractivity contribution in [1.29, 1.82) is 0 Å². The highest BCUT2D eigenvalue weighted by Gasteiger charge is 2.30. The number of carbonyl (C=O) groups excluding carboxylic acids is 1. The van der Waals surface area contributed by atoms with Crippen LogP contribution in [0.3, 0.4) is 0 Å². The predicted octanol–water partition coefficient (Wildman–Crippen LogP) is 3.05. The summed E-state index contributed by atoms with van der Waals surface area (Å²) in [5.74, 6) is -0.368. The molecule has 0 aromatic carbocycles. The number of amides is 2. The maximum absolute atomic E-state index is 12.6. The third-order valence-electron chi connectivity index (χ3n) is 3.37. The topological polar surface area (TPSA) is 60.9 Å². The molecule has 0 saturated heterocycles. The van der Waals surface area contributed by atoms with Crippen molar-refractivity contribution in [2.24, 2.45) is 5.92 Å². The molecular weight excluding hydrogens is 256 g/mol. The first-order valence-electron chi connectivity index (χ1n) is 7.23. The summed E-state index contributed by atoms with van der Waals surface area (Å²) < 4.78 is 0. The van der Waals surface area contributed by atoms with E-state index in [0.717, 1.165) is 6.42 Å². The zero-order valence-electron chi connectivity index (χ0n) is 13.9. The van der Waals surface area contributed by atoms with Crippen LogP contribution in [0.4, 0.5) is 4.79 Å². The van der Waals surface area contributed by atoms with Gasteiger partial charge in [-0.25, -0.2) is 4.79 Å². The number of aliphatic carboxylic acids is 1. The van der Waals surface area contributed by atoms with Gasteiger partial charge in [-0.15, -0.1) is 0 Å². The lowest BCUT2D eigenvalue weighted by Crippen LogP contribution is -2.53. The third kappa shape index (κ3) is 6.26. The highest BCUT2D eigenvalue weighted by molar-refractivity contribution is 5.76. The van der Waals surface area contributed by atoms with Gasteiger partial charge in [0.1, 0.15) is 0 Å². The Morgan fingerprint density at radius 2 is 1.65 bits per heavy atom. The summed E-state index contributed by atoms with van der Waals surface area (Å²) in [6, 6.07) is 0.0316. The summed E-state index contributed by atoms with van der Waals surface area (Å²) in [6.07, 6.45) is 0.897. The Morgan fingerprint density at radius 3 is 2.00 bits per heavy atom. The van der Waals surface area contributed by atoms with Crippen molar-refractivity contribution in [3.8, 4) is 0 Å². The van der Waals surface area contributed by atoms with Crippen LogP contribution in [0.1, 0.15) is 54.4 Å². The van der Waals surface area contributed by atoms with Crippen molar-refractivity contribution in [2.75, 3.05) is 13.6 Å². The molecule has 1 atom stereocenters. The van der Waals surface area contributed by atoms with E-state index in [-0.39, 0.29) is 25.0 Å². The van der Waals surface area contributed by atoms with E-state index in [0.29, 0.717) is 5.92 Å². The molecule has 0 heterocycles. The van der Waals surface area contributed by atoms with E-state index in [9.17, 15) is 9.59 Å². The fourth-order valence-corrected chi connectivity index (χ4v) is 2.14. The van der Waals surface area contributed by atoms with Gasteiger partial charge in [0.05, 0.1) is 6.42 Å². The highest BCUT2D eigenvalue weighted by atomic mass is 16.4. The molecule has 0 aliphatic heterocycles. The Morgan fingerprint density at radius 1 is 1.15 bits per heavy atom. The average Bonchev–Trinajstić information content (AvgIpc) is 2.24. The van der Waals surface area contributed by atoms with Crippen molar-refractivity contribution in [1.82, 2.24) is 9.80 Å². The fraction of sp³-hybridized carbons (Fsp3) is 0.867. The zero-order chi connectivity index (χ0) is 16.1. The lowest BCUT2D eigenvalue weighted by atomic mass is 10.0. The second-order valence-corrected chi connectivity index (χ2v) is 6.84. The molecule has 20 heavy (non-hydrogen) atoms. The Kier molecular flexibility index (Phi) is 7.03. The van der Waals surface area contributed by atoms with Crippen LogP contribution in [0, 0.1) is 5.92 Å². The second-order valence-electron chi connectivity index (χ2n) is 6.84. The molecule has 0 aliphatic carbocycles. The maximum Gasteiger partial charge on any atom is 0.320 e. The first-order chi connectivity index (χ1) is 8.96. The number of urea groups is 1. The van der Waals surface area contributed by atoms with Gasteiger partial charge in [-0.2, -0.15) is 0 Å². The van der Waals surface area contributed by atoms with Gasteiger partial charge in [0.15, 0.2) is 0 Å². The Labute approximate surface area is 122 Å². The molecule has 0 bridgehead atoms. The monoisotopic (exact) mass is 286 g/mol. The van der Waals surface area contributed by atoms with E-state index in [1.807, 2.05) is 27.7 Å². The number of nitrogens with zero attached hydrogens (tertiary/aromatic N) is 2. The van der Waals surface area contributed by atoms with Crippen LogP contribution < -0.4 is 0 Å². The van der Waals surface area contributed by atoms with Crippen LogP contribution in [0.2, 0.25) is 0 Å². The van der Waals surface area contributed by atoms with Crippen LogP contribution in [0.15, 0.2) is 0 Å². The van der Waals surface area contributed by atoms with Gasteiger partial charge in [0.25, 0.3) is 0 Å². The number of carboxylic acid groups (broad SMARTS) is 1. The lowest BCUT2D eigenvalue weighted by molar-refractivity contribution is -0.137. The number of hydrogen-bond donors (Lipinski definition) is 1. The van der Waals surface area contributed by atoms with Gasteiger partial charge in [0, 0.05) is 25.2 Å². The molecule has 0 fully saturated rings. The Balaban J connectivity index is 4.89. The minimum Gasteiger partial charge on any atom is -0.481 e. The molecular formula is C15H30N2O3. The molecule has 0 rings (SSSR count). The molecule has 2 amide bonds. The van der Waals surface area contributed by atoms with E-state index in [1.165, 1.54) is 0 Å². The normalized spacial score (nSPS) is 13.2. The average molecular weight is 286 g/mol. The predicted molar refractivity (Wildman–Crippen MR) is 80.8 cm³/mol. The first kappa shape index (κ1) is 18.7. The molecule has 0 aromatic heterocycles. The fourth-order valence-electron chi connectivity index (χ4n) is 2.14. The van der Waals surface area contributed by atoms with Crippen molar-refractivity contribution >= 4 is 12.0 Å². The first-order valence-corrected chi connectivity index (χ1v) is 7.23. The molecule has 0 aliphatic rings. The molecule has 0 radical (unpaired) electrons. The van der Waals surface area contributed by atoms with Gasteiger partial charge >= 0.3 is 12.0 Å². The summed E-state index contributed by atoms with van der Waals surface area (Å²) >= 11 is 0. The number of carbonyl (C=O) groups is 2. The number of carboxylic acids is 1.